The predicted octanol–water partition coefficient (Wildman–Crippen LogP) is 4.04. The molecular weight excluding hydrogens is 483 g/mol. The number of amides is 2. The normalized spacial score (nSPS) is 11.9. The van der Waals surface area contributed by atoms with Crippen LogP contribution in [0.5, 0.6) is 0 Å². The number of alkyl halides is 3. The van der Waals surface area contributed by atoms with Gasteiger partial charge in [0.2, 0.25) is 0 Å². The number of halogens is 3. The number of carbonyl (C=O) groups excluding carboxylic acids is 2. The van der Waals surface area contributed by atoms with Crippen LogP contribution in [-0.2, 0) is 4.79 Å². The molecule has 2 heterocycles. The van der Waals surface area contributed by atoms with Crippen LogP contribution in [-0.4, -0.2) is 34.2 Å². The van der Waals surface area contributed by atoms with Crippen molar-refractivity contribution in [1.82, 2.24) is 9.97 Å². The van der Waals surface area contributed by atoms with Gasteiger partial charge in [-0.25, -0.2) is 4.79 Å². The Labute approximate surface area is 202 Å². The maximum absolute atomic E-state index is 13.1. The Balaban J connectivity index is 0.000000429. The molecule has 0 aliphatic carbocycles. The maximum Gasteiger partial charge on any atom is 0.430 e. The summed E-state index contributed by atoms with van der Waals surface area (Å²) in [6.07, 6.45) is -2.45. The molecule has 0 aliphatic heterocycles. The van der Waals surface area contributed by atoms with Gasteiger partial charge in [-0.15, -0.1) is 11.3 Å². The Bertz CT molecular complexity index is 1280. The van der Waals surface area contributed by atoms with E-state index in [9.17, 15) is 18.0 Å². The molecule has 0 fully saturated rings. The number of rotatable bonds is 5. The van der Waals surface area contributed by atoms with Crippen LogP contribution in [0.3, 0.4) is 0 Å². The van der Waals surface area contributed by atoms with Gasteiger partial charge in [0.25, 0.3) is 5.82 Å². The van der Waals surface area contributed by atoms with Gasteiger partial charge >= 0.3 is 12.2 Å². The highest BCUT2D eigenvalue weighted by Gasteiger charge is 2.28. The summed E-state index contributed by atoms with van der Waals surface area (Å²) in [6, 6.07) is 15.5. The summed E-state index contributed by atoms with van der Waals surface area (Å²) in [5.41, 5.74) is 5.36. The molecule has 2 N–H and O–H groups in total. The molecule has 0 aliphatic rings. The molecular formula is C23H22F3N5O3S. The molecule has 12 heteroatoms. The number of aromatic nitrogens is 3. The predicted molar refractivity (Wildman–Crippen MR) is 124 cm³/mol. The van der Waals surface area contributed by atoms with E-state index in [4.69, 9.17) is 9.90 Å². The maximum atomic E-state index is 13.1. The van der Waals surface area contributed by atoms with Crippen LogP contribution in [0.15, 0.2) is 65.7 Å². The molecule has 4 rings (SSSR count). The Morgan fingerprint density at radius 1 is 1.23 bits per heavy atom. The first-order valence-corrected chi connectivity index (χ1v) is 11.4. The zero-order chi connectivity index (χ0) is 25.6. The van der Waals surface area contributed by atoms with E-state index in [1.165, 1.54) is 0 Å². The van der Waals surface area contributed by atoms with Gasteiger partial charge in [-0.05, 0) is 37.6 Å². The van der Waals surface area contributed by atoms with Crippen LogP contribution < -0.4 is 19.9 Å². The van der Waals surface area contributed by atoms with E-state index in [1.54, 1.807) is 21.7 Å². The second-order valence-electron chi connectivity index (χ2n) is 7.40. The number of carboxylic acids is 1. The molecule has 184 valence electrons. The van der Waals surface area contributed by atoms with Crippen molar-refractivity contribution in [2.75, 3.05) is 10.2 Å². The summed E-state index contributed by atoms with van der Waals surface area (Å²) < 4.78 is 33.5. The molecule has 1 unspecified atom stereocenters. The Morgan fingerprint density at radius 2 is 1.91 bits per heavy atom. The number of para-hydroxylation sites is 1. The van der Waals surface area contributed by atoms with Crippen LogP contribution in [0.25, 0.3) is 16.9 Å². The number of nitrogens with zero attached hydrogens (tertiary/aromatic N) is 3. The first-order chi connectivity index (χ1) is 16.6. The lowest BCUT2D eigenvalue weighted by atomic mass is 10.2. The lowest BCUT2D eigenvalue weighted by molar-refractivity contribution is -0.570. The standard InChI is InChI=1S/C21H21N5OS.C2HF3O2/c1-3-15(2)26(17-7-5-4-6-8-17)21(27)24-16-9-10-18-19(11-16)25(13-22-18)20-12-28-14-23-20;3-2(4,5)1(6)7/h4-15H,3H2,1-2H3,(H,24,27);(H,6,7). The van der Waals surface area contributed by atoms with E-state index in [2.05, 4.69) is 29.1 Å². The third kappa shape index (κ3) is 6.35. The van der Waals surface area contributed by atoms with Gasteiger partial charge in [0.05, 0.1) is 5.38 Å². The van der Waals surface area contributed by atoms with Crippen molar-refractivity contribution in [3.63, 3.8) is 0 Å². The Hall–Kier alpha value is -3.93. The monoisotopic (exact) mass is 505 g/mol. The number of imidazole rings is 1. The molecule has 2 aromatic heterocycles. The van der Waals surface area contributed by atoms with Crippen LogP contribution in [0.1, 0.15) is 20.3 Å². The number of aromatic amines is 1. The molecule has 35 heavy (non-hydrogen) atoms. The number of hydrogen-bond acceptors (Lipinski definition) is 5. The minimum absolute atomic E-state index is 0.0818. The topological polar surface area (TPSA) is 105 Å². The fraction of sp³-hybridized carbons (Fsp3) is 0.217. The second kappa shape index (κ2) is 11.0. The number of urea groups is 1. The van der Waals surface area contributed by atoms with E-state index in [0.717, 1.165) is 34.6 Å². The summed E-state index contributed by atoms with van der Waals surface area (Å²) in [5.74, 6) is -2.15. The van der Waals surface area contributed by atoms with Crippen molar-refractivity contribution in [1.29, 1.82) is 0 Å². The molecule has 0 saturated carbocycles. The number of thiazole rings is 1. The third-order valence-corrected chi connectivity index (χ3v) is 5.61. The fourth-order valence-corrected chi connectivity index (χ4v) is 3.70. The van der Waals surface area contributed by atoms with Gasteiger partial charge in [-0.3, -0.25) is 9.88 Å². The third-order valence-electron chi connectivity index (χ3n) is 5.04. The van der Waals surface area contributed by atoms with Crippen LogP contribution >= 0.6 is 11.3 Å². The number of benzene rings is 2. The number of nitrogens with one attached hydrogen (secondary N) is 2. The van der Waals surface area contributed by atoms with Gasteiger partial charge in [0, 0.05) is 23.5 Å². The minimum Gasteiger partial charge on any atom is -0.542 e. The molecule has 1 atom stereocenters. The van der Waals surface area contributed by atoms with Crippen LogP contribution in [0, 0.1) is 0 Å². The average Bonchev–Trinajstić information content (AvgIpc) is 3.49. The van der Waals surface area contributed by atoms with E-state index in [0.29, 0.717) is 0 Å². The fourth-order valence-electron chi connectivity index (χ4n) is 3.18. The van der Waals surface area contributed by atoms with Crippen molar-refractivity contribution in [2.24, 2.45) is 0 Å². The summed E-state index contributed by atoms with van der Waals surface area (Å²) in [6.45, 7) is 4.13. The molecule has 0 spiro atoms. The number of H-pyrrole nitrogens is 1. The smallest absolute Gasteiger partial charge is 0.430 e. The average molecular weight is 506 g/mol. The molecule has 2 aromatic carbocycles. The van der Waals surface area contributed by atoms with E-state index < -0.39 is 12.1 Å². The number of anilines is 2. The lowest BCUT2D eigenvalue weighted by Crippen LogP contribution is -2.41. The Kier molecular flexibility index (Phi) is 8.07. The van der Waals surface area contributed by atoms with Crippen molar-refractivity contribution < 1.29 is 32.4 Å². The lowest BCUT2D eigenvalue weighted by Gasteiger charge is -2.28. The van der Waals surface area contributed by atoms with E-state index in [-0.39, 0.29) is 12.1 Å². The molecule has 0 radical (unpaired) electrons. The second-order valence-corrected chi connectivity index (χ2v) is 8.12. The number of carboxylic acid groups (broad SMARTS) is 1. The summed E-state index contributed by atoms with van der Waals surface area (Å²) in [5, 5.41) is 13.8. The van der Waals surface area contributed by atoms with E-state index >= 15 is 0 Å². The first kappa shape index (κ1) is 25.7. The molecule has 4 aromatic rings. The van der Waals surface area contributed by atoms with Gasteiger partial charge in [0.1, 0.15) is 17.0 Å². The zero-order valence-corrected chi connectivity index (χ0v) is 19.6. The van der Waals surface area contributed by atoms with Crippen LogP contribution in [0.2, 0.25) is 0 Å². The molecule has 0 saturated heterocycles. The van der Waals surface area contributed by atoms with Gasteiger partial charge in [-0.1, -0.05) is 30.1 Å². The van der Waals surface area contributed by atoms with Gasteiger partial charge in [-0.2, -0.15) is 17.7 Å². The number of carbonyl (C=O) groups is 2. The van der Waals surface area contributed by atoms with Gasteiger partial charge < -0.3 is 15.2 Å². The summed E-state index contributed by atoms with van der Waals surface area (Å²) in [4.78, 5) is 31.3. The number of fused-ring (bicyclic) bond motifs is 1. The highest BCUT2D eigenvalue weighted by atomic mass is 32.1. The molecule has 2 amide bonds. The molecule has 0 bridgehead atoms. The largest absolute Gasteiger partial charge is 0.542 e. The quantitative estimate of drug-likeness (QED) is 0.400. The summed E-state index contributed by atoms with van der Waals surface area (Å²) >= 11 is 1.55. The van der Waals surface area contributed by atoms with Gasteiger partial charge in [0.15, 0.2) is 11.8 Å². The molecule has 8 nitrogen and oxygen atoms in total. The SMILES string of the molecule is CCC(C)N(C(=O)Nc1ccc2[nH]c[n+](-c3cscn3)c2c1)c1ccccc1.O=C([O-])C(F)(F)F. The zero-order valence-electron chi connectivity index (χ0n) is 18.7. The Morgan fingerprint density at radius 3 is 2.49 bits per heavy atom. The van der Waals surface area contributed by atoms with Crippen molar-refractivity contribution in [3.05, 3.63) is 65.7 Å². The summed E-state index contributed by atoms with van der Waals surface area (Å²) in [7, 11) is 0. The minimum atomic E-state index is -5.19. The van der Waals surface area contributed by atoms with Crippen molar-refractivity contribution in [3.8, 4) is 5.82 Å². The number of hydrogen-bond donors (Lipinski definition) is 2. The van der Waals surface area contributed by atoms with Crippen molar-refractivity contribution in [2.45, 2.75) is 32.5 Å². The van der Waals surface area contributed by atoms with E-state index in [1.807, 2.05) is 64.8 Å². The highest BCUT2D eigenvalue weighted by molar-refractivity contribution is 7.07. The number of aliphatic carboxylic acids is 1. The first-order valence-electron chi connectivity index (χ1n) is 10.5. The van der Waals surface area contributed by atoms with Crippen molar-refractivity contribution >= 4 is 45.7 Å². The highest BCUT2D eigenvalue weighted by Crippen LogP contribution is 2.22. The van der Waals surface area contributed by atoms with Crippen LogP contribution in [0.4, 0.5) is 29.3 Å².